The quantitative estimate of drug-likeness (QED) is 0.454. The van der Waals surface area contributed by atoms with Crippen LogP contribution in [0.15, 0.2) is 24.3 Å². The van der Waals surface area contributed by atoms with Crippen LogP contribution in [0.25, 0.3) is 0 Å². The molecule has 0 heterocycles. The zero-order valence-electron chi connectivity index (χ0n) is 8.73. The van der Waals surface area contributed by atoms with Crippen molar-refractivity contribution in [3.63, 3.8) is 0 Å². The van der Waals surface area contributed by atoms with Crippen molar-refractivity contribution in [1.29, 1.82) is 0 Å². The summed E-state index contributed by atoms with van der Waals surface area (Å²) in [5.41, 5.74) is 6.28. The van der Waals surface area contributed by atoms with Gasteiger partial charge in [0.2, 0.25) is 0 Å². The number of carbonyl (C=O) groups excluding carboxylic acids is 1. The number of anilines is 1. The monoisotopic (exact) mass is 209 g/mol. The number of hydrogen-bond acceptors (Lipinski definition) is 4. The molecule has 4 heteroatoms. The van der Waals surface area contributed by atoms with E-state index in [9.17, 15) is 4.79 Å². The number of ether oxygens (including phenoxy) is 2. The third-order valence-corrected chi connectivity index (χ3v) is 1.93. The molecule has 0 aliphatic heterocycles. The number of nitrogens with two attached hydrogens (primary N) is 1. The van der Waals surface area contributed by atoms with Gasteiger partial charge in [0.15, 0.2) is 0 Å². The van der Waals surface area contributed by atoms with Crippen LogP contribution >= 0.6 is 0 Å². The molecule has 0 unspecified atom stereocenters. The van der Waals surface area contributed by atoms with Crippen LogP contribution in [0.3, 0.4) is 0 Å². The predicted molar refractivity (Wildman–Crippen MR) is 57.6 cm³/mol. The topological polar surface area (TPSA) is 61.5 Å². The second-order valence-electron chi connectivity index (χ2n) is 3.07. The molecule has 0 aromatic heterocycles. The molecule has 0 saturated heterocycles. The summed E-state index contributed by atoms with van der Waals surface area (Å²) >= 11 is 0. The molecule has 1 aromatic carbocycles. The Bertz CT molecular complexity index is 325. The van der Waals surface area contributed by atoms with Crippen LogP contribution < -0.4 is 10.5 Å². The lowest BCUT2D eigenvalue weighted by molar-refractivity contribution is -0.140. The summed E-state index contributed by atoms with van der Waals surface area (Å²) in [6.07, 6.45) is 0.990. The number of para-hydroxylation sites is 2. The Morgan fingerprint density at radius 3 is 2.80 bits per heavy atom. The van der Waals surface area contributed by atoms with Crippen molar-refractivity contribution in [2.45, 2.75) is 12.8 Å². The molecule has 1 aromatic rings. The summed E-state index contributed by atoms with van der Waals surface area (Å²) < 4.78 is 9.91. The van der Waals surface area contributed by atoms with Gasteiger partial charge in [0.05, 0.1) is 19.4 Å². The van der Waals surface area contributed by atoms with E-state index in [1.807, 2.05) is 12.1 Å². The molecular weight excluding hydrogens is 194 g/mol. The van der Waals surface area contributed by atoms with Crippen LogP contribution in [0.1, 0.15) is 12.8 Å². The Morgan fingerprint density at radius 1 is 1.40 bits per heavy atom. The second-order valence-corrected chi connectivity index (χ2v) is 3.07. The lowest BCUT2D eigenvalue weighted by atomic mass is 10.3. The van der Waals surface area contributed by atoms with Gasteiger partial charge in [0.1, 0.15) is 5.75 Å². The first-order chi connectivity index (χ1) is 7.24. The summed E-state index contributed by atoms with van der Waals surface area (Å²) in [6.45, 7) is 0.462. The van der Waals surface area contributed by atoms with E-state index in [4.69, 9.17) is 10.5 Å². The van der Waals surface area contributed by atoms with Crippen LogP contribution in [-0.2, 0) is 9.53 Å². The standard InChI is InChI=1S/C11H15NO3/c1-14-11(13)7-4-8-15-10-6-3-2-5-9(10)12/h2-3,5-6H,4,7-8,12H2,1H3. The number of esters is 1. The van der Waals surface area contributed by atoms with Gasteiger partial charge in [-0.05, 0) is 18.6 Å². The SMILES string of the molecule is COC(=O)CCCOc1ccccc1N. The molecule has 0 aliphatic carbocycles. The lowest BCUT2D eigenvalue weighted by Gasteiger charge is -2.07. The van der Waals surface area contributed by atoms with Crippen molar-refractivity contribution >= 4 is 11.7 Å². The van der Waals surface area contributed by atoms with E-state index < -0.39 is 0 Å². The van der Waals surface area contributed by atoms with Gasteiger partial charge in [-0.2, -0.15) is 0 Å². The second kappa shape index (κ2) is 5.90. The molecule has 0 radical (unpaired) electrons. The Morgan fingerprint density at radius 2 is 2.13 bits per heavy atom. The maximum Gasteiger partial charge on any atom is 0.305 e. The maximum atomic E-state index is 10.8. The smallest absolute Gasteiger partial charge is 0.305 e. The number of benzene rings is 1. The molecule has 2 N–H and O–H groups in total. The molecule has 0 saturated carbocycles. The summed E-state index contributed by atoms with van der Waals surface area (Å²) in [7, 11) is 1.37. The van der Waals surface area contributed by atoms with Gasteiger partial charge in [-0.3, -0.25) is 4.79 Å². The van der Waals surface area contributed by atoms with Gasteiger partial charge in [0, 0.05) is 6.42 Å². The molecule has 0 bridgehead atoms. The molecule has 82 valence electrons. The predicted octanol–water partition coefficient (Wildman–Crippen LogP) is 1.60. The van der Waals surface area contributed by atoms with Crippen molar-refractivity contribution in [3.05, 3.63) is 24.3 Å². The minimum Gasteiger partial charge on any atom is -0.491 e. The number of carbonyl (C=O) groups is 1. The molecule has 0 atom stereocenters. The molecule has 0 fully saturated rings. The lowest BCUT2D eigenvalue weighted by Crippen LogP contribution is -2.05. The van der Waals surface area contributed by atoms with Crippen LogP contribution in [0.5, 0.6) is 5.75 Å². The average molecular weight is 209 g/mol. The molecule has 0 amide bonds. The molecule has 0 spiro atoms. The Hall–Kier alpha value is -1.71. The number of methoxy groups -OCH3 is 1. The molecule has 4 nitrogen and oxygen atoms in total. The van der Waals surface area contributed by atoms with Crippen LogP contribution in [-0.4, -0.2) is 19.7 Å². The van der Waals surface area contributed by atoms with Gasteiger partial charge in [-0.25, -0.2) is 0 Å². The van der Waals surface area contributed by atoms with E-state index in [1.165, 1.54) is 7.11 Å². The summed E-state index contributed by atoms with van der Waals surface area (Å²) in [5, 5.41) is 0. The fourth-order valence-electron chi connectivity index (χ4n) is 1.11. The first-order valence-corrected chi connectivity index (χ1v) is 4.78. The van der Waals surface area contributed by atoms with Crippen molar-refractivity contribution in [2.24, 2.45) is 0 Å². The maximum absolute atomic E-state index is 10.8. The number of nitrogen functional groups attached to an aromatic ring is 1. The zero-order valence-corrected chi connectivity index (χ0v) is 8.73. The minimum atomic E-state index is -0.223. The fourth-order valence-corrected chi connectivity index (χ4v) is 1.11. The highest BCUT2D eigenvalue weighted by Gasteiger charge is 2.01. The average Bonchev–Trinajstić information content (AvgIpc) is 2.26. The highest BCUT2D eigenvalue weighted by atomic mass is 16.5. The largest absolute Gasteiger partial charge is 0.491 e. The highest BCUT2D eigenvalue weighted by molar-refractivity contribution is 5.69. The Labute approximate surface area is 89.0 Å². The summed E-state index contributed by atoms with van der Waals surface area (Å²) in [5.74, 6) is 0.432. The summed E-state index contributed by atoms with van der Waals surface area (Å²) in [4.78, 5) is 10.8. The minimum absolute atomic E-state index is 0.223. The van der Waals surface area contributed by atoms with E-state index in [1.54, 1.807) is 12.1 Å². The van der Waals surface area contributed by atoms with Gasteiger partial charge < -0.3 is 15.2 Å². The van der Waals surface area contributed by atoms with Crippen molar-refractivity contribution in [2.75, 3.05) is 19.5 Å². The van der Waals surface area contributed by atoms with Crippen LogP contribution in [0.2, 0.25) is 0 Å². The molecular formula is C11H15NO3. The molecule has 1 rings (SSSR count). The van der Waals surface area contributed by atoms with Crippen molar-refractivity contribution in [1.82, 2.24) is 0 Å². The Balaban J connectivity index is 2.26. The fraction of sp³-hybridized carbons (Fsp3) is 0.364. The normalized spacial score (nSPS) is 9.67. The van der Waals surface area contributed by atoms with Crippen molar-refractivity contribution < 1.29 is 14.3 Å². The zero-order chi connectivity index (χ0) is 11.1. The van der Waals surface area contributed by atoms with E-state index in [0.29, 0.717) is 30.9 Å². The third-order valence-electron chi connectivity index (χ3n) is 1.93. The van der Waals surface area contributed by atoms with E-state index in [0.717, 1.165) is 0 Å². The first-order valence-electron chi connectivity index (χ1n) is 4.78. The van der Waals surface area contributed by atoms with Gasteiger partial charge in [0.25, 0.3) is 0 Å². The molecule has 15 heavy (non-hydrogen) atoms. The van der Waals surface area contributed by atoms with E-state index in [2.05, 4.69) is 4.74 Å². The number of rotatable bonds is 5. The summed E-state index contributed by atoms with van der Waals surface area (Å²) in [6, 6.07) is 7.27. The van der Waals surface area contributed by atoms with Gasteiger partial charge in [-0.15, -0.1) is 0 Å². The molecule has 0 aliphatic rings. The highest BCUT2D eigenvalue weighted by Crippen LogP contribution is 2.19. The van der Waals surface area contributed by atoms with Gasteiger partial charge in [-0.1, -0.05) is 12.1 Å². The number of hydrogen-bond donors (Lipinski definition) is 1. The van der Waals surface area contributed by atoms with E-state index >= 15 is 0 Å². The van der Waals surface area contributed by atoms with E-state index in [-0.39, 0.29) is 5.97 Å². The first kappa shape index (κ1) is 11.4. The van der Waals surface area contributed by atoms with Gasteiger partial charge >= 0.3 is 5.97 Å². The van der Waals surface area contributed by atoms with Crippen LogP contribution in [0, 0.1) is 0 Å². The third kappa shape index (κ3) is 3.89. The van der Waals surface area contributed by atoms with Crippen molar-refractivity contribution in [3.8, 4) is 5.75 Å². The van der Waals surface area contributed by atoms with Crippen LogP contribution in [0.4, 0.5) is 5.69 Å². The Kier molecular flexibility index (Phi) is 4.47.